The van der Waals surface area contributed by atoms with E-state index in [2.05, 4.69) is 16.0 Å². The quantitative estimate of drug-likeness (QED) is 0.775. The normalized spacial score (nSPS) is 9.96. The Morgan fingerprint density at radius 2 is 1.87 bits per heavy atom. The molecular weight excluding hydrogens is 308 g/mol. The van der Waals surface area contributed by atoms with Crippen molar-refractivity contribution in [2.45, 2.75) is 6.42 Å². The molecule has 2 N–H and O–H groups in total. The SMILES string of the molecule is N#CCc1nc2c(-c3nc(N)c(C#N)cc3C#N)cccc2s1. The van der Waals surface area contributed by atoms with E-state index < -0.39 is 0 Å². The van der Waals surface area contributed by atoms with Gasteiger partial charge < -0.3 is 5.73 Å². The van der Waals surface area contributed by atoms with Crippen LogP contribution in [0.5, 0.6) is 0 Å². The van der Waals surface area contributed by atoms with Crippen LogP contribution in [-0.4, -0.2) is 9.97 Å². The van der Waals surface area contributed by atoms with Gasteiger partial charge in [0.05, 0.1) is 39.5 Å². The second-order valence-corrected chi connectivity index (χ2v) is 5.75. The van der Waals surface area contributed by atoms with Gasteiger partial charge in [-0.2, -0.15) is 15.8 Å². The number of thiazole rings is 1. The van der Waals surface area contributed by atoms with Crippen molar-refractivity contribution >= 4 is 27.4 Å². The first-order valence-corrected chi connectivity index (χ1v) is 7.36. The van der Waals surface area contributed by atoms with E-state index in [1.54, 1.807) is 6.07 Å². The van der Waals surface area contributed by atoms with Gasteiger partial charge in [0.25, 0.3) is 0 Å². The van der Waals surface area contributed by atoms with Crippen LogP contribution in [0.25, 0.3) is 21.5 Å². The van der Waals surface area contributed by atoms with Gasteiger partial charge in [-0.1, -0.05) is 12.1 Å². The summed E-state index contributed by atoms with van der Waals surface area (Å²) in [6.07, 6.45) is 0.229. The predicted octanol–water partition coefficient (Wildman–Crippen LogP) is 2.75. The van der Waals surface area contributed by atoms with Crippen molar-refractivity contribution < 1.29 is 0 Å². The third-order valence-corrected chi connectivity index (χ3v) is 4.26. The number of nitriles is 3. The second kappa shape index (κ2) is 5.73. The topological polar surface area (TPSA) is 123 Å². The molecule has 0 aliphatic heterocycles. The van der Waals surface area contributed by atoms with E-state index in [0.29, 0.717) is 21.8 Å². The summed E-state index contributed by atoms with van der Waals surface area (Å²) in [5, 5.41) is 27.9. The molecule has 1 aromatic carbocycles. The highest BCUT2D eigenvalue weighted by atomic mass is 32.1. The number of benzene rings is 1. The molecule has 6 nitrogen and oxygen atoms in total. The zero-order chi connectivity index (χ0) is 16.4. The van der Waals surface area contributed by atoms with Crippen molar-refractivity contribution in [2.24, 2.45) is 0 Å². The summed E-state index contributed by atoms with van der Waals surface area (Å²) < 4.78 is 0.904. The van der Waals surface area contributed by atoms with Gasteiger partial charge in [0.2, 0.25) is 0 Å². The van der Waals surface area contributed by atoms with Crippen molar-refractivity contribution in [3.8, 4) is 29.5 Å². The van der Waals surface area contributed by atoms with E-state index in [1.165, 1.54) is 17.4 Å². The minimum atomic E-state index is 0.0750. The first-order valence-electron chi connectivity index (χ1n) is 6.54. The van der Waals surface area contributed by atoms with Crippen molar-refractivity contribution in [3.63, 3.8) is 0 Å². The van der Waals surface area contributed by atoms with E-state index in [1.807, 2.05) is 24.3 Å². The molecule has 23 heavy (non-hydrogen) atoms. The lowest BCUT2D eigenvalue weighted by Crippen LogP contribution is -2.00. The number of hydrogen-bond acceptors (Lipinski definition) is 7. The molecule has 0 aliphatic carbocycles. The average Bonchev–Trinajstić information content (AvgIpc) is 2.97. The van der Waals surface area contributed by atoms with Crippen molar-refractivity contribution in [1.82, 2.24) is 9.97 Å². The van der Waals surface area contributed by atoms with Gasteiger partial charge in [-0.15, -0.1) is 11.3 Å². The number of anilines is 1. The maximum Gasteiger partial charge on any atom is 0.142 e. The van der Waals surface area contributed by atoms with Crippen LogP contribution < -0.4 is 5.73 Å². The van der Waals surface area contributed by atoms with Crippen LogP contribution >= 0.6 is 11.3 Å². The Kier molecular flexibility index (Phi) is 3.60. The van der Waals surface area contributed by atoms with Crippen LogP contribution in [0, 0.1) is 34.0 Å². The Balaban J connectivity index is 2.29. The highest BCUT2D eigenvalue weighted by Crippen LogP contribution is 2.33. The molecule has 3 rings (SSSR count). The molecule has 2 aromatic heterocycles. The smallest absolute Gasteiger partial charge is 0.142 e. The molecule has 0 unspecified atom stereocenters. The number of fused-ring (bicyclic) bond motifs is 1. The lowest BCUT2D eigenvalue weighted by Gasteiger charge is -2.06. The van der Waals surface area contributed by atoms with Crippen LogP contribution in [0.3, 0.4) is 0 Å². The standard InChI is InChI=1S/C16H8N6S/c17-5-4-13-21-15-11(2-1-3-12(15)23-13)14-9(7-18)6-10(8-19)16(20)22-14/h1-3,6H,4H2,(H2,20,22). The fourth-order valence-corrected chi connectivity index (χ4v) is 3.16. The largest absolute Gasteiger partial charge is 0.383 e. The molecule has 0 aliphatic rings. The van der Waals surface area contributed by atoms with Crippen LogP contribution in [0.1, 0.15) is 16.1 Å². The zero-order valence-corrected chi connectivity index (χ0v) is 12.6. The highest BCUT2D eigenvalue weighted by Gasteiger charge is 2.16. The Hall–Kier alpha value is -3.47. The number of hydrogen-bond donors (Lipinski definition) is 1. The molecule has 0 atom stereocenters. The monoisotopic (exact) mass is 316 g/mol. The minimum absolute atomic E-state index is 0.0750. The minimum Gasteiger partial charge on any atom is -0.383 e. The number of pyridine rings is 1. The van der Waals surface area contributed by atoms with Gasteiger partial charge in [0, 0.05) is 5.56 Å². The summed E-state index contributed by atoms with van der Waals surface area (Å²) in [6, 6.07) is 13.0. The Morgan fingerprint density at radius 3 is 2.57 bits per heavy atom. The Morgan fingerprint density at radius 1 is 1.09 bits per heavy atom. The number of nitrogens with two attached hydrogens (primary N) is 1. The molecule has 0 fully saturated rings. The maximum absolute atomic E-state index is 9.35. The maximum atomic E-state index is 9.35. The zero-order valence-electron chi connectivity index (χ0n) is 11.7. The summed E-state index contributed by atoms with van der Waals surface area (Å²) in [5.74, 6) is 0.0750. The molecule has 0 saturated carbocycles. The van der Waals surface area contributed by atoms with Crippen molar-refractivity contribution in [3.05, 3.63) is 40.4 Å². The molecule has 0 saturated heterocycles. The summed E-state index contributed by atoms with van der Waals surface area (Å²) in [6.45, 7) is 0. The Bertz CT molecular complexity index is 1050. The van der Waals surface area contributed by atoms with Crippen molar-refractivity contribution in [2.75, 3.05) is 5.73 Å². The molecule has 3 aromatic rings. The number of nitrogen functional groups attached to an aromatic ring is 1. The number of rotatable bonds is 2. The molecular formula is C16H8N6S. The van der Waals surface area contributed by atoms with Crippen LogP contribution in [-0.2, 0) is 6.42 Å². The summed E-state index contributed by atoms with van der Waals surface area (Å²) in [7, 11) is 0. The fraction of sp³-hybridized carbons (Fsp3) is 0.0625. The molecule has 0 radical (unpaired) electrons. The first kappa shape index (κ1) is 14.5. The predicted molar refractivity (Wildman–Crippen MR) is 86.0 cm³/mol. The Labute approximate surface area is 135 Å². The van der Waals surface area contributed by atoms with E-state index in [0.717, 1.165) is 4.70 Å². The summed E-state index contributed by atoms with van der Waals surface area (Å²) in [4.78, 5) is 8.69. The summed E-state index contributed by atoms with van der Waals surface area (Å²) in [5.41, 5.74) is 7.95. The first-order chi connectivity index (χ1) is 11.2. The molecule has 108 valence electrons. The fourth-order valence-electron chi connectivity index (χ4n) is 2.24. The third kappa shape index (κ3) is 2.44. The number of para-hydroxylation sites is 1. The lowest BCUT2D eigenvalue weighted by atomic mass is 10.0. The third-order valence-electron chi connectivity index (χ3n) is 3.24. The number of nitrogens with zero attached hydrogens (tertiary/aromatic N) is 5. The van der Waals surface area contributed by atoms with Crippen LogP contribution in [0.2, 0.25) is 0 Å². The van der Waals surface area contributed by atoms with E-state index in [4.69, 9.17) is 16.3 Å². The van der Waals surface area contributed by atoms with Gasteiger partial charge in [-0.3, -0.25) is 0 Å². The molecule has 0 bridgehead atoms. The molecule has 0 amide bonds. The molecule has 2 heterocycles. The molecule has 0 spiro atoms. The van der Waals surface area contributed by atoms with Gasteiger partial charge in [0.15, 0.2) is 0 Å². The van der Waals surface area contributed by atoms with E-state index in [-0.39, 0.29) is 23.4 Å². The van der Waals surface area contributed by atoms with Crippen LogP contribution in [0.4, 0.5) is 5.82 Å². The lowest BCUT2D eigenvalue weighted by molar-refractivity contribution is 1.21. The molecule has 7 heteroatoms. The van der Waals surface area contributed by atoms with Gasteiger partial charge in [-0.25, -0.2) is 9.97 Å². The van der Waals surface area contributed by atoms with Gasteiger partial charge >= 0.3 is 0 Å². The van der Waals surface area contributed by atoms with Gasteiger partial charge in [-0.05, 0) is 12.1 Å². The highest BCUT2D eigenvalue weighted by molar-refractivity contribution is 7.18. The van der Waals surface area contributed by atoms with Crippen LogP contribution in [0.15, 0.2) is 24.3 Å². The summed E-state index contributed by atoms with van der Waals surface area (Å²) >= 11 is 1.43. The van der Waals surface area contributed by atoms with Gasteiger partial charge in [0.1, 0.15) is 23.0 Å². The second-order valence-electron chi connectivity index (χ2n) is 4.64. The van der Waals surface area contributed by atoms with Crippen molar-refractivity contribution in [1.29, 1.82) is 15.8 Å². The average molecular weight is 316 g/mol. The van der Waals surface area contributed by atoms with E-state index in [9.17, 15) is 5.26 Å². The number of aromatic nitrogens is 2. The van der Waals surface area contributed by atoms with E-state index >= 15 is 0 Å².